The van der Waals surface area contributed by atoms with Gasteiger partial charge in [0.2, 0.25) is 0 Å². The Morgan fingerprint density at radius 1 is 1.47 bits per heavy atom. The Morgan fingerprint density at radius 2 is 2.27 bits per heavy atom. The zero-order valence-corrected chi connectivity index (χ0v) is 9.88. The average molecular weight is 211 g/mol. The third-order valence-corrected chi connectivity index (χ3v) is 2.74. The SMILES string of the molecule is CC#CCCNC1CC(OCC)C1OC. The van der Waals surface area contributed by atoms with Gasteiger partial charge in [-0.3, -0.25) is 0 Å². The maximum atomic E-state index is 5.55. The van der Waals surface area contributed by atoms with E-state index in [0.29, 0.717) is 6.04 Å². The van der Waals surface area contributed by atoms with Gasteiger partial charge in [-0.05, 0) is 20.3 Å². The molecule has 0 aromatic carbocycles. The Kier molecular flexibility index (Phi) is 5.70. The smallest absolute Gasteiger partial charge is 0.0986 e. The molecular weight excluding hydrogens is 190 g/mol. The van der Waals surface area contributed by atoms with Crippen molar-refractivity contribution in [2.75, 3.05) is 20.3 Å². The van der Waals surface area contributed by atoms with Gasteiger partial charge < -0.3 is 14.8 Å². The number of nitrogens with one attached hydrogen (secondary N) is 1. The van der Waals surface area contributed by atoms with Crippen molar-refractivity contribution in [2.45, 2.75) is 44.9 Å². The molecule has 0 aliphatic heterocycles. The van der Waals surface area contributed by atoms with Gasteiger partial charge in [-0.15, -0.1) is 11.8 Å². The first-order chi connectivity index (χ1) is 7.33. The van der Waals surface area contributed by atoms with Crippen LogP contribution < -0.4 is 5.32 Å². The summed E-state index contributed by atoms with van der Waals surface area (Å²) in [4.78, 5) is 0. The Labute approximate surface area is 92.5 Å². The Morgan fingerprint density at radius 3 is 2.87 bits per heavy atom. The number of rotatable bonds is 6. The van der Waals surface area contributed by atoms with Gasteiger partial charge in [-0.25, -0.2) is 0 Å². The third kappa shape index (κ3) is 3.49. The monoisotopic (exact) mass is 211 g/mol. The standard InChI is InChI=1S/C12H21NO2/c1-4-6-7-8-13-10-9-11(15-5-2)12(10)14-3/h10-13H,5,7-9H2,1-3H3. The van der Waals surface area contributed by atoms with Crippen molar-refractivity contribution in [2.24, 2.45) is 0 Å². The summed E-state index contributed by atoms with van der Waals surface area (Å²) in [7, 11) is 1.75. The molecule has 86 valence electrons. The van der Waals surface area contributed by atoms with Crippen molar-refractivity contribution in [1.29, 1.82) is 0 Å². The largest absolute Gasteiger partial charge is 0.377 e. The van der Waals surface area contributed by atoms with Gasteiger partial charge in [0.15, 0.2) is 0 Å². The second-order valence-corrected chi connectivity index (χ2v) is 3.67. The third-order valence-electron chi connectivity index (χ3n) is 2.74. The molecule has 1 rings (SSSR count). The highest BCUT2D eigenvalue weighted by Gasteiger charge is 2.41. The molecule has 0 spiro atoms. The predicted octanol–water partition coefficient (Wildman–Crippen LogP) is 1.18. The van der Waals surface area contributed by atoms with E-state index in [1.54, 1.807) is 7.11 Å². The molecule has 0 radical (unpaired) electrons. The van der Waals surface area contributed by atoms with Crippen LogP contribution >= 0.6 is 0 Å². The maximum Gasteiger partial charge on any atom is 0.0986 e. The highest BCUT2D eigenvalue weighted by Crippen LogP contribution is 2.26. The van der Waals surface area contributed by atoms with E-state index < -0.39 is 0 Å². The van der Waals surface area contributed by atoms with E-state index in [4.69, 9.17) is 9.47 Å². The van der Waals surface area contributed by atoms with E-state index >= 15 is 0 Å². The van der Waals surface area contributed by atoms with Gasteiger partial charge in [0.25, 0.3) is 0 Å². The lowest BCUT2D eigenvalue weighted by molar-refractivity contribution is -0.130. The van der Waals surface area contributed by atoms with Crippen LogP contribution in [0.25, 0.3) is 0 Å². The first kappa shape index (κ1) is 12.5. The van der Waals surface area contributed by atoms with Crippen molar-refractivity contribution in [3.05, 3.63) is 0 Å². The average Bonchev–Trinajstić information content (AvgIpc) is 2.21. The van der Waals surface area contributed by atoms with Crippen LogP contribution in [0.5, 0.6) is 0 Å². The van der Waals surface area contributed by atoms with Crippen molar-refractivity contribution < 1.29 is 9.47 Å². The minimum absolute atomic E-state index is 0.208. The van der Waals surface area contributed by atoms with E-state index in [1.807, 2.05) is 13.8 Å². The van der Waals surface area contributed by atoms with Crippen LogP contribution in [-0.4, -0.2) is 38.5 Å². The topological polar surface area (TPSA) is 30.5 Å². The van der Waals surface area contributed by atoms with Crippen molar-refractivity contribution in [3.63, 3.8) is 0 Å². The number of hydrogen-bond acceptors (Lipinski definition) is 3. The fourth-order valence-corrected chi connectivity index (χ4v) is 1.92. The van der Waals surface area contributed by atoms with Crippen LogP contribution in [0.4, 0.5) is 0 Å². The first-order valence-electron chi connectivity index (χ1n) is 5.60. The summed E-state index contributed by atoms with van der Waals surface area (Å²) in [6.45, 7) is 5.58. The van der Waals surface area contributed by atoms with E-state index in [2.05, 4.69) is 17.2 Å². The lowest BCUT2D eigenvalue weighted by Gasteiger charge is -2.43. The number of ether oxygens (including phenoxy) is 2. The summed E-state index contributed by atoms with van der Waals surface area (Å²) in [5.41, 5.74) is 0. The summed E-state index contributed by atoms with van der Waals surface area (Å²) in [6.07, 6.45) is 2.43. The molecule has 15 heavy (non-hydrogen) atoms. The summed E-state index contributed by atoms with van der Waals surface area (Å²) in [5.74, 6) is 5.92. The molecule has 3 heteroatoms. The molecule has 1 aliphatic carbocycles. The van der Waals surface area contributed by atoms with E-state index in [1.165, 1.54) is 0 Å². The second kappa shape index (κ2) is 6.84. The van der Waals surface area contributed by atoms with Crippen molar-refractivity contribution in [1.82, 2.24) is 5.32 Å². The summed E-state index contributed by atoms with van der Waals surface area (Å²) >= 11 is 0. The highest BCUT2D eigenvalue weighted by molar-refractivity contribution is 4.99. The molecule has 0 amide bonds. The molecule has 1 aliphatic rings. The quantitative estimate of drug-likeness (QED) is 0.528. The molecule has 3 nitrogen and oxygen atoms in total. The minimum Gasteiger partial charge on any atom is -0.377 e. The summed E-state index contributed by atoms with van der Waals surface area (Å²) < 4.78 is 10.9. The predicted molar refractivity (Wildman–Crippen MR) is 60.7 cm³/mol. The Hall–Kier alpha value is -0.560. The first-order valence-corrected chi connectivity index (χ1v) is 5.60. The van der Waals surface area contributed by atoms with E-state index in [0.717, 1.165) is 26.0 Å². The fraction of sp³-hybridized carbons (Fsp3) is 0.833. The number of methoxy groups -OCH3 is 1. The van der Waals surface area contributed by atoms with E-state index in [9.17, 15) is 0 Å². The van der Waals surface area contributed by atoms with Crippen LogP contribution in [0.15, 0.2) is 0 Å². The molecule has 0 aromatic rings. The van der Waals surface area contributed by atoms with Gasteiger partial charge in [-0.1, -0.05) is 0 Å². The van der Waals surface area contributed by atoms with Gasteiger partial charge in [0, 0.05) is 32.7 Å². The minimum atomic E-state index is 0.208. The van der Waals surface area contributed by atoms with Gasteiger partial charge in [0.05, 0.1) is 12.2 Å². The van der Waals surface area contributed by atoms with Crippen LogP contribution in [0, 0.1) is 11.8 Å². The Bertz CT molecular complexity index is 232. The zero-order valence-electron chi connectivity index (χ0n) is 9.88. The van der Waals surface area contributed by atoms with Crippen LogP contribution in [0.2, 0.25) is 0 Å². The lowest BCUT2D eigenvalue weighted by atomic mass is 9.85. The van der Waals surface area contributed by atoms with Gasteiger partial charge in [0.1, 0.15) is 0 Å². The fourth-order valence-electron chi connectivity index (χ4n) is 1.92. The molecule has 1 fully saturated rings. The van der Waals surface area contributed by atoms with Crippen molar-refractivity contribution in [3.8, 4) is 11.8 Å². The molecule has 0 bridgehead atoms. The summed E-state index contributed by atoms with van der Waals surface area (Å²) in [5, 5.41) is 3.44. The normalized spacial score (nSPS) is 29.1. The summed E-state index contributed by atoms with van der Waals surface area (Å²) in [6, 6.07) is 0.435. The zero-order chi connectivity index (χ0) is 11.1. The van der Waals surface area contributed by atoms with Crippen LogP contribution in [-0.2, 0) is 9.47 Å². The Balaban J connectivity index is 2.17. The molecule has 3 atom stereocenters. The van der Waals surface area contributed by atoms with Gasteiger partial charge in [-0.2, -0.15) is 0 Å². The molecule has 1 N–H and O–H groups in total. The molecule has 3 unspecified atom stereocenters. The lowest BCUT2D eigenvalue weighted by Crippen LogP contribution is -2.59. The second-order valence-electron chi connectivity index (χ2n) is 3.67. The maximum absolute atomic E-state index is 5.55. The molecule has 0 saturated heterocycles. The molecule has 0 aromatic heterocycles. The number of hydrogen-bond donors (Lipinski definition) is 1. The highest BCUT2D eigenvalue weighted by atomic mass is 16.5. The van der Waals surface area contributed by atoms with Crippen molar-refractivity contribution >= 4 is 0 Å². The molecule has 1 saturated carbocycles. The molecule has 0 heterocycles. The van der Waals surface area contributed by atoms with E-state index in [-0.39, 0.29) is 12.2 Å². The van der Waals surface area contributed by atoms with Gasteiger partial charge >= 0.3 is 0 Å². The van der Waals surface area contributed by atoms with Crippen LogP contribution in [0.1, 0.15) is 26.7 Å². The molecular formula is C12H21NO2. The van der Waals surface area contributed by atoms with Crippen LogP contribution in [0.3, 0.4) is 0 Å².